The number of carbonyl (C=O) groups excluding carboxylic acids is 2. The van der Waals surface area contributed by atoms with E-state index < -0.39 is 223 Å². The van der Waals surface area contributed by atoms with Crippen molar-refractivity contribution in [3.05, 3.63) is 0 Å². The zero-order valence-electron chi connectivity index (χ0n) is 37.7. The van der Waals surface area contributed by atoms with E-state index in [1.165, 1.54) is 6.92 Å². The molecule has 0 bridgehead atoms. The summed E-state index contributed by atoms with van der Waals surface area (Å²) in [5.41, 5.74) is 0. The molecule has 2 amide bonds. The van der Waals surface area contributed by atoms with E-state index in [1.807, 2.05) is 0 Å². The van der Waals surface area contributed by atoms with Crippen LogP contribution >= 0.6 is 0 Å². The highest BCUT2D eigenvalue weighted by atomic mass is 16.8. The Morgan fingerprint density at radius 1 is 0.457 bits per heavy atom. The zero-order valence-corrected chi connectivity index (χ0v) is 37.7. The number of nitrogens with one attached hydrogen (secondary N) is 2. The molecule has 6 rings (SSSR count). The summed E-state index contributed by atoms with van der Waals surface area (Å²) in [5.74, 6) is -1.60. The lowest BCUT2D eigenvalue weighted by molar-refractivity contribution is -0.389. The molecule has 6 saturated heterocycles. The van der Waals surface area contributed by atoms with Crippen molar-refractivity contribution in [1.82, 2.24) is 10.6 Å². The number of aliphatic hydroxyl groups is 16. The minimum atomic E-state index is -2.14. The molecule has 0 aromatic carbocycles. The van der Waals surface area contributed by atoms with Crippen LogP contribution < -0.4 is 10.6 Å². The summed E-state index contributed by atoms with van der Waals surface area (Å²) in [5, 5.41) is 175. The van der Waals surface area contributed by atoms with Crippen molar-refractivity contribution in [2.75, 3.05) is 33.0 Å². The molecular weight excluding hydrogens is 960 g/mol. The van der Waals surface area contributed by atoms with Gasteiger partial charge in [-0.2, -0.15) is 0 Å². The Morgan fingerprint density at radius 3 is 1.59 bits per heavy atom. The molecule has 31 heteroatoms. The maximum absolute atomic E-state index is 12.8. The van der Waals surface area contributed by atoms with Crippen LogP contribution in [0.1, 0.15) is 20.8 Å². The Balaban J connectivity index is 1.29. The highest BCUT2D eigenvalue weighted by molar-refractivity contribution is 5.73. The van der Waals surface area contributed by atoms with Crippen molar-refractivity contribution in [3.8, 4) is 0 Å². The van der Waals surface area contributed by atoms with Gasteiger partial charge in [-0.05, 0) is 6.92 Å². The van der Waals surface area contributed by atoms with Crippen molar-refractivity contribution in [2.45, 2.75) is 199 Å². The number of amides is 2. The van der Waals surface area contributed by atoms with Gasteiger partial charge in [0, 0.05) is 13.8 Å². The average Bonchev–Trinajstić information content (AvgIpc) is 3.32. The fourth-order valence-electron chi connectivity index (χ4n) is 8.86. The van der Waals surface area contributed by atoms with Crippen LogP contribution in [0.4, 0.5) is 0 Å². The third-order valence-corrected chi connectivity index (χ3v) is 12.8. The SMILES string of the molecule is CC(=O)N[C@@H]1[C@@H](O[C@@H]2O[C@@H](C)[C@@H](O)[C@@H](O)[C@@H]2O)[C@H](O[C@@H]2O[C@H](CO)[C@@H](O[C@@H]3O[C@H](CO[C@H]4O[C@H](CO)[C@@H](O)[C@H](O)[C@@H]4O)[C@@H](O)[C@H](O)[C@@H]3O[C@H]3OC[C@@H](O)[C@@H](O)[C@@H]3O)[C@H](O)[C@H]2NC(C)=O)[C@@H](CO)O[C@H]1O. The zero-order chi connectivity index (χ0) is 51.6. The van der Waals surface area contributed by atoms with E-state index in [4.69, 9.17) is 52.1 Å². The van der Waals surface area contributed by atoms with Gasteiger partial charge in [0.05, 0.1) is 39.1 Å². The summed E-state index contributed by atoms with van der Waals surface area (Å²) < 4.78 is 63.5. The lowest BCUT2D eigenvalue weighted by Gasteiger charge is -2.51. The molecule has 6 fully saturated rings. The number of hydrogen-bond acceptors (Lipinski definition) is 29. The minimum Gasteiger partial charge on any atom is -0.394 e. The summed E-state index contributed by atoms with van der Waals surface area (Å²) >= 11 is 0. The smallest absolute Gasteiger partial charge is 0.217 e. The predicted molar refractivity (Wildman–Crippen MR) is 215 cm³/mol. The van der Waals surface area contributed by atoms with Crippen LogP contribution in [0, 0.1) is 0 Å². The van der Waals surface area contributed by atoms with Gasteiger partial charge in [-0.3, -0.25) is 9.59 Å². The summed E-state index contributed by atoms with van der Waals surface area (Å²) in [4.78, 5) is 25.2. The van der Waals surface area contributed by atoms with Gasteiger partial charge in [0.15, 0.2) is 37.7 Å². The van der Waals surface area contributed by atoms with Gasteiger partial charge in [-0.25, -0.2) is 0 Å². The van der Waals surface area contributed by atoms with E-state index in [2.05, 4.69) is 10.6 Å². The molecule has 0 unspecified atom stereocenters. The van der Waals surface area contributed by atoms with Crippen molar-refractivity contribution in [1.29, 1.82) is 0 Å². The Kier molecular flexibility index (Phi) is 20.0. The van der Waals surface area contributed by atoms with E-state index in [0.29, 0.717) is 0 Å². The lowest BCUT2D eigenvalue weighted by atomic mass is 9.93. The van der Waals surface area contributed by atoms with Crippen molar-refractivity contribution in [2.24, 2.45) is 0 Å². The fraction of sp³-hybridized carbons (Fsp3) is 0.949. The van der Waals surface area contributed by atoms with Crippen LogP contribution in [0.25, 0.3) is 0 Å². The van der Waals surface area contributed by atoms with Crippen LogP contribution in [-0.4, -0.2) is 305 Å². The van der Waals surface area contributed by atoms with Crippen molar-refractivity contribution in [3.63, 3.8) is 0 Å². The molecule has 31 nitrogen and oxygen atoms in total. The number of ether oxygens (including phenoxy) is 11. The maximum Gasteiger partial charge on any atom is 0.217 e. The highest BCUT2D eigenvalue weighted by Gasteiger charge is 2.57. The minimum absolute atomic E-state index is 0.601. The van der Waals surface area contributed by atoms with Gasteiger partial charge >= 0.3 is 0 Å². The molecule has 29 atom stereocenters. The van der Waals surface area contributed by atoms with Crippen LogP contribution in [0.5, 0.6) is 0 Å². The first-order chi connectivity index (χ1) is 33.0. The number of rotatable bonds is 16. The standard InChI is InChI=1S/C39H66N2O29/c1-9-19(48)24(53)29(58)38(62-9)69-32-18(41-11(3)46)34(59)63-15(6-44)31(32)68-35-17(40-10(2)45)23(52)30(14(5-43)65-35)67-39-33(70-37-27(56)20(49)12(47)7-60-37)26(55)22(51)16(66-39)8-61-36-28(57)25(54)21(50)13(4-42)64-36/h9,12-39,42-44,47-59H,4-8H2,1-3H3,(H,40,45)(H,41,46)/t9-,12+,13+,14+,15+,16+,17+,18+,19+,20+,21+,22+,23+,24+,25-,26-,27-,28-,29-,30+,31+,32+,33-,34+,35-,36-,37+,38-,39-/m0/s1. The predicted octanol–water partition coefficient (Wildman–Crippen LogP) is -12.1. The summed E-state index contributed by atoms with van der Waals surface area (Å²) in [6.07, 6.45) is -49.1. The first kappa shape index (κ1) is 57.1. The second-order valence-electron chi connectivity index (χ2n) is 17.8. The van der Waals surface area contributed by atoms with Crippen LogP contribution in [0.15, 0.2) is 0 Å². The molecule has 0 saturated carbocycles. The van der Waals surface area contributed by atoms with Crippen molar-refractivity contribution < 1.29 is 143 Å². The molecule has 18 N–H and O–H groups in total. The monoisotopic (exact) mass is 1030 g/mol. The molecule has 0 aliphatic carbocycles. The molecule has 406 valence electrons. The normalized spacial score (nSPS) is 50.3. The summed E-state index contributed by atoms with van der Waals surface area (Å²) in [6.45, 7) is -0.861. The Morgan fingerprint density at radius 2 is 0.957 bits per heavy atom. The number of carbonyl (C=O) groups is 2. The molecule has 6 heterocycles. The van der Waals surface area contributed by atoms with E-state index >= 15 is 0 Å². The van der Waals surface area contributed by atoms with E-state index in [9.17, 15) is 91.3 Å². The Bertz CT molecular complexity index is 1680. The molecular formula is C39H66N2O29. The third kappa shape index (κ3) is 12.3. The molecule has 0 aromatic heterocycles. The topological polar surface area (TPSA) is 483 Å². The van der Waals surface area contributed by atoms with E-state index in [1.54, 1.807) is 0 Å². The second-order valence-corrected chi connectivity index (χ2v) is 17.8. The van der Waals surface area contributed by atoms with Crippen LogP contribution in [0.3, 0.4) is 0 Å². The molecule has 0 aromatic rings. The first-order valence-corrected chi connectivity index (χ1v) is 22.4. The van der Waals surface area contributed by atoms with Gasteiger partial charge in [0.1, 0.15) is 134 Å². The third-order valence-electron chi connectivity index (χ3n) is 12.8. The van der Waals surface area contributed by atoms with Gasteiger partial charge in [-0.1, -0.05) is 0 Å². The molecule has 0 spiro atoms. The molecule has 6 aliphatic rings. The largest absolute Gasteiger partial charge is 0.394 e. The van der Waals surface area contributed by atoms with E-state index in [0.717, 1.165) is 13.8 Å². The van der Waals surface area contributed by atoms with E-state index in [-0.39, 0.29) is 0 Å². The fourth-order valence-corrected chi connectivity index (χ4v) is 8.86. The molecule has 70 heavy (non-hydrogen) atoms. The van der Waals surface area contributed by atoms with Gasteiger partial charge in [0.2, 0.25) is 11.8 Å². The Labute approximate surface area is 397 Å². The summed E-state index contributed by atoms with van der Waals surface area (Å²) in [7, 11) is 0. The molecule has 0 radical (unpaired) electrons. The summed E-state index contributed by atoms with van der Waals surface area (Å²) in [6, 6.07) is -3.40. The van der Waals surface area contributed by atoms with Gasteiger partial charge < -0.3 is 144 Å². The first-order valence-electron chi connectivity index (χ1n) is 22.4. The number of hydrogen-bond donors (Lipinski definition) is 18. The maximum atomic E-state index is 12.8. The number of aliphatic hydroxyl groups excluding tert-OH is 16. The quantitative estimate of drug-likeness (QED) is 0.0682. The van der Waals surface area contributed by atoms with Crippen LogP contribution in [0.2, 0.25) is 0 Å². The van der Waals surface area contributed by atoms with Gasteiger partial charge in [-0.15, -0.1) is 0 Å². The molecule has 6 aliphatic heterocycles. The van der Waals surface area contributed by atoms with Gasteiger partial charge in [0.25, 0.3) is 0 Å². The van der Waals surface area contributed by atoms with Crippen LogP contribution in [-0.2, 0) is 61.7 Å². The average molecular weight is 1030 g/mol. The lowest BCUT2D eigenvalue weighted by Crippen LogP contribution is -2.71. The second kappa shape index (κ2) is 24.5. The Hall–Kier alpha value is -2.14. The highest BCUT2D eigenvalue weighted by Crippen LogP contribution is 2.36. The van der Waals surface area contributed by atoms with Crippen molar-refractivity contribution >= 4 is 11.8 Å².